The van der Waals surface area contributed by atoms with Crippen molar-refractivity contribution in [3.05, 3.63) is 76.3 Å². The third-order valence-electron chi connectivity index (χ3n) is 4.08. The van der Waals surface area contributed by atoms with Gasteiger partial charge in [0.25, 0.3) is 0 Å². The number of ether oxygens (including phenoxy) is 1. The predicted octanol–water partition coefficient (Wildman–Crippen LogP) is 5.89. The Bertz CT molecular complexity index is 1080. The number of nitrogens with one attached hydrogen (secondary N) is 1. The number of thioether (sulfide) groups is 1. The van der Waals surface area contributed by atoms with Crippen LogP contribution in [-0.4, -0.2) is 26.4 Å². The summed E-state index contributed by atoms with van der Waals surface area (Å²) in [7, 11) is 0. The predicted molar refractivity (Wildman–Crippen MR) is 124 cm³/mol. The van der Waals surface area contributed by atoms with Gasteiger partial charge < -0.3 is 10.1 Å². The van der Waals surface area contributed by atoms with Gasteiger partial charge in [-0.15, -0.1) is 16.8 Å². The zero-order chi connectivity index (χ0) is 22.4. The van der Waals surface area contributed by atoms with Crippen LogP contribution < -0.4 is 10.1 Å². The summed E-state index contributed by atoms with van der Waals surface area (Å²) in [5.74, 6) is 0.596. The number of halogens is 3. The SMILES string of the molecule is C=CCn1c(SCC(=O)Nc2ccc(F)c(Cl)c2)nnc1C(C)Oc1ccc(Br)cc1. The van der Waals surface area contributed by atoms with Crippen LogP contribution in [0.25, 0.3) is 0 Å². The zero-order valence-electron chi connectivity index (χ0n) is 16.5. The largest absolute Gasteiger partial charge is 0.483 e. The van der Waals surface area contributed by atoms with E-state index in [1.165, 1.54) is 30.0 Å². The van der Waals surface area contributed by atoms with Crippen molar-refractivity contribution in [1.29, 1.82) is 0 Å². The van der Waals surface area contributed by atoms with Crippen LogP contribution in [0.5, 0.6) is 5.75 Å². The van der Waals surface area contributed by atoms with Crippen LogP contribution in [0.3, 0.4) is 0 Å². The van der Waals surface area contributed by atoms with E-state index in [0.29, 0.717) is 29.0 Å². The lowest BCUT2D eigenvalue weighted by Gasteiger charge is -2.15. The van der Waals surface area contributed by atoms with Crippen LogP contribution in [-0.2, 0) is 11.3 Å². The lowest BCUT2D eigenvalue weighted by molar-refractivity contribution is -0.113. The van der Waals surface area contributed by atoms with Gasteiger partial charge in [-0.1, -0.05) is 45.4 Å². The second-order valence-electron chi connectivity index (χ2n) is 6.42. The highest BCUT2D eigenvalue weighted by atomic mass is 79.9. The molecule has 0 aliphatic heterocycles. The van der Waals surface area contributed by atoms with E-state index in [4.69, 9.17) is 16.3 Å². The molecule has 1 amide bonds. The zero-order valence-corrected chi connectivity index (χ0v) is 19.7. The highest BCUT2D eigenvalue weighted by Gasteiger charge is 2.20. The Morgan fingerprint density at radius 1 is 1.35 bits per heavy atom. The molecule has 2 aromatic carbocycles. The number of hydrogen-bond donors (Lipinski definition) is 1. The average Bonchev–Trinajstić information content (AvgIpc) is 3.14. The Morgan fingerprint density at radius 3 is 2.77 bits per heavy atom. The fourth-order valence-electron chi connectivity index (χ4n) is 2.68. The number of nitrogens with zero attached hydrogens (tertiary/aromatic N) is 3. The molecular formula is C21H19BrClFN4O2S. The van der Waals surface area contributed by atoms with Gasteiger partial charge >= 0.3 is 0 Å². The molecule has 0 saturated carbocycles. The lowest BCUT2D eigenvalue weighted by atomic mass is 10.3. The molecule has 0 aliphatic carbocycles. The van der Waals surface area contributed by atoms with Gasteiger partial charge in [0.15, 0.2) is 17.1 Å². The normalized spacial score (nSPS) is 11.7. The number of anilines is 1. The van der Waals surface area contributed by atoms with Crippen LogP contribution in [0.4, 0.5) is 10.1 Å². The first-order valence-corrected chi connectivity index (χ1v) is 11.4. The van der Waals surface area contributed by atoms with Crippen molar-refractivity contribution in [2.45, 2.75) is 24.7 Å². The summed E-state index contributed by atoms with van der Waals surface area (Å²) in [6, 6.07) is 11.5. The summed E-state index contributed by atoms with van der Waals surface area (Å²) in [5.41, 5.74) is 0.418. The topological polar surface area (TPSA) is 69.0 Å². The van der Waals surface area contributed by atoms with Crippen LogP contribution >= 0.6 is 39.3 Å². The van der Waals surface area contributed by atoms with Gasteiger partial charge in [0.2, 0.25) is 5.91 Å². The fraction of sp³-hybridized carbons (Fsp3) is 0.190. The van der Waals surface area contributed by atoms with Gasteiger partial charge in [0, 0.05) is 16.7 Å². The molecule has 0 spiro atoms. The Balaban J connectivity index is 1.66. The number of carbonyl (C=O) groups excluding carboxylic acids is 1. The molecule has 0 fully saturated rings. The highest BCUT2D eigenvalue weighted by Crippen LogP contribution is 2.26. The van der Waals surface area contributed by atoms with Gasteiger partial charge in [-0.05, 0) is 49.4 Å². The Morgan fingerprint density at radius 2 is 2.10 bits per heavy atom. The van der Waals surface area contributed by atoms with E-state index in [1.54, 1.807) is 6.08 Å². The van der Waals surface area contributed by atoms with Crippen LogP contribution in [0.2, 0.25) is 5.02 Å². The highest BCUT2D eigenvalue weighted by molar-refractivity contribution is 9.10. The maximum absolute atomic E-state index is 13.3. The van der Waals surface area contributed by atoms with Gasteiger partial charge in [-0.25, -0.2) is 4.39 Å². The van der Waals surface area contributed by atoms with Gasteiger partial charge in [-0.3, -0.25) is 9.36 Å². The van der Waals surface area contributed by atoms with Crippen molar-refractivity contribution in [1.82, 2.24) is 14.8 Å². The summed E-state index contributed by atoms with van der Waals surface area (Å²) < 4.78 is 22.0. The lowest BCUT2D eigenvalue weighted by Crippen LogP contribution is -2.15. The quantitative estimate of drug-likeness (QED) is 0.279. The smallest absolute Gasteiger partial charge is 0.234 e. The summed E-state index contributed by atoms with van der Waals surface area (Å²) in [6.07, 6.45) is 1.36. The van der Waals surface area contributed by atoms with E-state index in [0.717, 1.165) is 4.47 Å². The molecule has 0 aliphatic rings. The molecule has 0 bridgehead atoms. The molecule has 1 heterocycles. The molecule has 1 aromatic heterocycles. The van der Waals surface area contributed by atoms with Gasteiger partial charge in [0.05, 0.1) is 10.8 Å². The van der Waals surface area contributed by atoms with Gasteiger partial charge in [0.1, 0.15) is 11.6 Å². The minimum absolute atomic E-state index is 0.0550. The first-order valence-electron chi connectivity index (χ1n) is 9.21. The number of rotatable bonds is 9. The first-order chi connectivity index (χ1) is 14.9. The summed E-state index contributed by atoms with van der Waals surface area (Å²) >= 11 is 10.4. The molecule has 31 heavy (non-hydrogen) atoms. The molecule has 162 valence electrons. The van der Waals surface area contributed by atoms with E-state index < -0.39 is 5.82 Å². The number of allylic oxidation sites excluding steroid dienone is 1. The van der Waals surface area contributed by atoms with Crippen LogP contribution in [0.1, 0.15) is 18.9 Å². The second-order valence-corrected chi connectivity index (χ2v) is 8.69. The monoisotopic (exact) mass is 524 g/mol. The van der Waals surface area contributed by atoms with Crippen molar-refractivity contribution in [2.75, 3.05) is 11.1 Å². The Hall–Kier alpha value is -2.36. The summed E-state index contributed by atoms with van der Waals surface area (Å²) in [4.78, 5) is 12.3. The molecule has 0 saturated heterocycles. The number of hydrogen-bond acceptors (Lipinski definition) is 5. The van der Waals surface area contributed by atoms with E-state index >= 15 is 0 Å². The molecular weight excluding hydrogens is 507 g/mol. The van der Waals surface area contributed by atoms with Crippen molar-refractivity contribution in [3.63, 3.8) is 0 Å². The molecule has 1 N–H and O–H groups in total. The van der Waals surface area contributed by atoms with E-state index in [-0.39, 0.29) is 22.8 Å². The number of amides is 1. The second kappa shape index (κ2) is 10.8. The van der Waals surface area contributed by atoms with Gasteiger partial charge in [-0.2, -0.15) is 0 Å². The number of aromatic nitrogens is 3. The molecule has 0 radical (unpaired) electrons. The van der Waals surface area contributed by atoms with Crippen LogP contribution in [0, 0.1) is 5.82 Å². The van der Waals surface area contributed by atoms with Crippen molar-refractivity contribution in [3.8, 4) is 5.75 Å². The van der Waals surface area contributed by atoms with Crippen molar-refractivity contribution in [2.24, 2.45) is 0 Å². The van der Waals surface area contributed by atoms with Crippen molar-refractivity contribution < 1.29 is 13.9 Å². The first kappa shape index (κ1) is 23.3. The van der Waals surface area contributed by atoms with E-state index in [2.05, 4.69) is 38.0 Å². The Kier molecular flexibility index (Phi) is 8.11. The van der Waals surface area contributed by atoms with E-state index in [9.17, 15) is 9.18 Å². The molecule has 1 unspecified atom stereocenters. The van der Waals surface area contributed by atoms with Crippen LogP contribution in [0.15, 0.2) is 64.7 Å². The number of carbonyl (C=O) groups is 1. The maximum Gasteiger partial charge on any atom is 0.234 e. The molecule has 1 atom stereocenters. The van der Waals surface area contributed by atoms with Crippen molar-refractivity contribution >= 4 is 50.9 Å². The van der Waals surface area contributed by atoms with E-state index in [1.807, 2.05) is 35.8 Å². The maximum atomic E-state index is 13.3. The molecule has 3 rings (SSSR count). The third-order valence-corrected chi connectivity index (χ3v) is 5.87. The standard InChI is InChI=1S/C21H19BrClFN4O2S/c1-3-10-28-20(13(2)30-16-7-4-14(22)5-8-16)26-27-21(28)31-12-19(29)25-15-6-9-18(24)17(23)11-15/h3-9,11,13H,1,10,12H2,2H3,(H,25,29). The summed E-state index contributed by atoms with van der Waals surface area (Å²) in [6.45, 7) is 6.13. The Labute approximate surface area is 197 Å². The summed E-state index contributed by atoms with van der Waals surface area (Å²) in [5, 5.41) is 11.6. The minimum atomic E-state index is -0.543. The molecule has 10 heteroatoms. The average molecular weight is 526 g/mol. The number of benzene rings is 2. The molecule has 6 nitrogen and oxygen atoms in total. The fourth-order valence-corrected chi connectivity index (χ4v) is 3.88. The molecule has 3 aromatic rings. The minimum Gasteiger partial charge on any atom is -0.483 e. The third kappa shape index (κ3) is 6.32.